The maximum atomic E-state index is 13.1. The van der Waals surface area contributed by atoms with Crippen molar-refractivity contribution < 1.29 is 33.3 Å². The minimum absolute atomic E-state index is 0.00563. The number of hydrogen-bond acceptors (Lipinski definition) is 9. The molecule has 1 aromatic heterocycles. The SMILES string of the molecule is CN(CC(N)=O)C(=O)[C@H](Cc1cccnc1)NC(=O)[C@H](CC(N)=O)NC(=O)[C@H](CCC(=O)OP)NP. The molecule has 0 bridgehead atoms. The maximum Gasteiger partial charge on any atom is 0.307 e. The number of primary amides is 2. The van der Waals surface area contributed by atoms with Gasteiger partial charge in [0.05, 0.1) is 28.5 Å². The fourth-order valence-corrected chi connectivity index (χ4v) is 3.53. The van der Waals surface area contributed by atoms with Gasteiger partial charge in [-0.25, -0.2) is 0 Å². The summed E-state index contributed by atoms with van der Waals surface area (Å²) in [6, 6.07) is -0.187. The lowest BCUT2D eigenvalue weighted by atomic mass is 10.0. The number of amides is 5. The molecular formula is C20H31N7O7P2. The molecule has 0 saturated heterocycles. The average molecular weight is 543 g/mol. The van der Waals surface area contributed by atoms with E-state index in [0.717, 1.165) is 4.90 Å². The van der Waals surface area contributed by atoms with Gasteiger partial charge in [-0.3, -0.25) is 38.8 Å². The van der Waals surface area contributed by atoms with Crippen molar-refractivity contribution in [2.75, 3.05) is 13.6 Å². The Morgan fingerprint density at radius 3 is 2.22 bits per heavy atom. The van der Waals surface area contributed by atoms with Gasteiger partial charge in [-0.1, -0.05) is 15.5 Å². The Kier molecular flexibility index (Phi) is 13.5. The molecule has 7 N–H and O–H groups in total. The molecule has 2 unspecified atom stereocenters. The predicted octanol–water partition coefficient (Wildman–Crippen LogP) is -2.73. The van der Waals surface area contributed by atoms with Gasteiger partial charge < -0.3 is 31.5 Å². The molecule has 0 spiro atoms. The second-order valence-electron chi connectivity index (χ2n) is 7.77. The summed E-state index contributed by atoms with van der Waals surface area (Å²) in [5.41, 5.74) is 11.0. The Balaban J connectivity index is 3.07. The molecule has 0 radical (unpaired) electrons. The van der Waals surface area contributed by atoms with E-state index < -0.39 is 60.1 Å². The van der Waals surface area contributed by atoms with Crippen LogP contribution < -0.4 is 27.2 Å². The summed E-state index contributed by atoms with van der Waals surface area (Å²) in [5.74, 6) is -4.37. The van der Waals surface area contributed by atoms with Crippen molar-refractivity contribution >= 4 is 54.4 Å². The molecule has 0 aliphatic carbocycles. The topological polar surface area (TPSA) is 216 Å². The summed E-state index contributed by atoms with van der Waals surface area (Å²) in [5, 5.41) is 7.56. The first-order chi connectivity index (χ1) is 17.0. The van der Waals surface area contributed by atoms with Gasteiger partial charge in [-0.05, 0) is 18.1 Å². The number of carbonyl (C=O) groups is 6. The van der Waals surface area contributed by atoms with Crippen LogP contribution in [0.5, 0.6) is 0 Å². The molecule has 0 aliphatic rings. The van der Waals surface area contributed by atoms with Crippen molar-refractivity contribution in [1.82, 2.24) is 25.6 Å². The van der Waals surface area contributed by atoms with E-state index in [1.165, 1.54) is 19.4 Å². The maximum absolute atomic E-state index is 13.1. The molecule has 0 saturated carbocycles. The van der Waals surface area contributed by atoms with Crippen molar-refractivity contribution in [3.05, 3.63) is 30.1 Å². The number of nitrogens with zero attached hydrogens (tertiary/aromatic N) is 2. The number of nitrogens with one attached hydrogen (secondary N) is 3. The van der Waals surface area contributed by atoms with Crippen LogP contribution in [0, 0.1) is 0 Å². The molecule has 14 nitrogen and oxygen atoms in total. The highest BCUT2D eigenvalue weighted by Gasteiger charge is 2.31. The Bertz CT molecular complexity index is 952. The number of likely N-dealkylation sites (N-methyl/N-ethyl adjacent to an activating group) is 1. The van der Waals surface area contributed by atoms with E-state index in [1.807, 2.05) is 0 Å². The quantitative estimate of drug-likeness (QED) is 0.145. The zero-order valence-corrected chi connectivity index (χ0v) is 21.9. The molecule has 0 fully saturated rings. The predicted molar refractivity (Wildman–Crippen MR) is 134 cm³/mol. The van der Waals surface area contributed by atoms with Gasteiger partial charge >= 0.3 is 5.97 Å². The fourth-order valence-electron chi connectivity index (χ4n) is 3.10. The first-order valence-electron chi connectivity index (χ1n) is 10.6. The van der Waals surface area contributed by atoms with E-state index >= 15 is 0 Å². The summed E-state index contributed by atoms with van der Waals surface area (Å²) < 4.78 is 4.47. The summed E-state index contributed by atoms with van der Waals surface area (Å²) in [6.45, 7) is -0.389. The molecule has 5 atom stereocenters. The highest BCUT2D eigenvalue weighted by atomic mass is 31.0. The van der Waals surface area contributed by atoms with Gasteiger partial charge in [0.1, 0.15) is 12.1 Å². The molecule has 0 aliphatic heterocycles. The molecule has 16 heteroatoms. The molecule has 198 valence electrons. The van der Waals surface area contributed by atoms with Gasteiger partial charge in [-0.15, -0.1) is 0 Å². The molecule has 0 aromatic carbocycles. The van der Waals surface area contributed by atoms with E-state index in [0.29, 0.717) is 5.56 Å². The number of hydrogen-bond donors (Lipinski definition) is 5. The van der Waals surface area contributed by atoms with Gasteiger partial charge in [0.15, 0.2) is 0 Å². The number of pyridine rings is 1. The highest BCUT2D eigenvalue weighted by Crippen LogP contribution is 2.08. The Labute approximate surface area is 212 Å². The first kappa shape index (κ1) is 30.8. The molecule has 5 amide bonds. The monoisotopic (exact) mass is 543 g/mol. The standard InChI is InChI=1S/C20H31N7O7P2/c1-27(10-16(22)29)20(33)14(7-11-3-2-6-23-9-11)25-19(32)13(8-15(21)28)24-18(31)12(26-35)4-5-17(30)34-36/h2-3,6,9,12-14,26H,4-5,7-8,10,35-36H2,1H3,(H2,21,28)(H2,22,29)(H,24,31)(H,25,32)/t12-,13-,14-/m0/s1. The summed E-state index contributed by atoms with van der Waals surface area (Å²) in [6.07, 6.45) is 2.42. The molecule has 1 rings (SSSR count). The van der Waals surface area contributed by atoms with Crippen LogP contribution in [0.4, 0.5) is 0 Å². The van der Waals surface area contributed by atoms with Crippen molar-refractivity contribution in [2.45, 2.75) is 43.8 Å². The molecule has 36 heavy (non-hydrogen) atoms. The number of nitrogens with two attached hydrogens (primary N) is 2. The van der Waals surface area contributed by atoms with Crippen LogP contribution in [0.25, 0.3) is 0 Å². The number of aromatic nitrogens is 1. The molecular weight excluding hydrogens is 512 g/mol. The van der Waals surface area contributed by atoms with Crippen molar-refractivity contribution in [1.29, 1.82) is 0 Å². The summed E-state index contributed by atoms with van der Waals surface area (Å²) >= 11 is 0. The largest absolute Gasteiger partial charge is 0.452 e. The van der Waals surface area contributed by atoms with E-state index in [9.17, 15) is 28.8 Å². The van der Waals surface area contributed by atoms with Crippen molar-refractivity contribution in [3.8, 4) is 0 Å². The van der Waals surface area contributed by atoms with Crippen LogP contribution in [-0.4, -0.2) is 77.1 Å². The van der Waals surface area contributed by atoms with Crippen LogP contribution >= 0.6 is 18.9 Å². The van der Waals surface area contributed by atoms with Gasteiger partial charge in [0.2, 0.25) is 29.5 Å². The third kappa shape index (κ3) is 11.0. The van der Waals surface area contributed by atoms with Crippen molar-refractivity contribution in [2.24, 2.45) is 11.5 Å². The smallest absolute Gasteiger partial charge is 0.307 e. The number of rotatable bonds is 15. The number of carbonyl (C=O) groups excluding carboxylic acids is 6. The zero-order valence-electron chi connectivity index (χ0n) is 19.6. The first-order valence-corrected chi connectivity index (χ1v) is 11.7. The van der Waals surface area contributed by atoms with Crippen LogP contribution in [0.2, 0.25) is 0 Å². The van der Waals surface area contributed by atoms with Crippen LogP contribution in [0.3, 0.4) is 0 Å². The lowest BCUT2D eigenvalue weighted by Gasteiger charge is -2.26. The van der Waals surface area contributed by atoms with E-state index in [4.69, 9.17) is 11.5 Å². The third-order valence-electron chi connectivity index (χ3n) is 4.87. The average Bonchev–Trinajstić information content (AvgIpc) is 2.82. The van der Waals surface area contributed by atoms with Gasteiger partial charge in [0.25, 0.3) is 0 Å². The summed E-state index contributed by atoms with van der Waals surface area (Å²) in [4.78, 5) is 78.0. The van der Waals surface area contributed by atoms with E-state index in [1.54, 1.807) is 21.6 Å². The molecule has 1 heterocycles. The second kappa shape index (κ2) is 15.7. The lowest BCUT2D eigenvalue weighted by molar-refractivity contribution is -0.138. The Morgan fingerprint density at radius 2 is 1.69 bits per heavy atom. The zero-order chi connectivity index (χ0) is 27.3. The minimum atomic E-state index is -1.42. The van der Waals surface area contributed by atoms with Crippen LogP contribution in [-0.2, 0) is 39.7 Å². The second-order valence-corrected chi connectivity index (χ2v) is 8.34. The highest BCUT2D eigenvalue weighted by molar-refractivity contribution is 7.13. The van der Waals surface area contributed by atoms with Crippen LogP contribution in [0.1, 0.15) is 24.8 Å². The Morgan fingerprint density at radius 1 is 1.06 bits per heavy atom. The van der Waals surface area contributed by atoms with Crippen molar-refractivity contribution in [3.63, 3.8) is 0 Å². The van der Waals surface area contributed by atoms with Crippen LogP contribution in [0.15, 0.2) is 24.5 Å². The fraction of sp³-hybridized carbons (Fsp3) is 0.450. The Hall–Kier alpha value is -3.21. The van der Waals surface area contributed by atoms with Gasteiger partial charge in [-0.2, -0.15) is 0 Å². The molecule has 1 aromatic rings. The normalized spacial score (nSPS) is 13.0. The van der Waals surface area contributed by atoms with Gasteiger partial charge in [0, 0.05) is 32.3 Å². The minimum Gasteiger partial charge on any atom is -0.452 e. The summed E-state index contributed by atoms with van der Waals surface area (Å²) in [7, 11) is 5.28. The third-order valence-corrected chi connectivity index (χ3v) is 5.54. The lowest BCUT2D eigenvalue weighted by Crippen LogP contribution is -2.57. The van der Waals surface area contributed by atoms with E-state index in [-0.39, 0.29) is 25.8 Å². The van der Waals surface area contributed by atoms with E-state index in [2.05, 4.69) is 34.6 Å².